The normalized spacial score (nSPS) is 15.2. The second kappa shape index (κ2) is 4.20. The summed E-state index contributed by atoms with van der Waals surface area (Å²) in [5.74, 6) is -0.376. The van der Waals surface area contributed by atoms with Crippen LogP contribution in [0.3, 0.4) is 0 Å². The van der Waals surface area contributed by atoms with Gasteiger partial charge >= 0.3 is 0 Å². The first-order chi connectivity index (χ1) is 9.06. The van der Waals surface area contributed by atoms with E-state index in [0.29, 0.717) is 16.9 Å². The summed E-state index contributed by atoms with van der Waals surface area (Å²) in [6, 6.07) is 11.0. The largest absolute Gasteiger partial charge is 0.354 e. The quantitative estimate of drug-likeness (QED) is 0.914. The zero-order chi connectivity index (χ0) is 13.5. The number of sulfone groups is 1. The van der Waals surface area contributed by atoms with Crippen molar-refractivity contribution in [2.75, 3.05) is 5.32 Å². The van der Waals surface area contributed by atoms with Crippen molar-refractivity contribution in [3.8, 4) is 0 Å². The highest BCUT2D eigenvalue weighted by molar-refractivity contribution is 7.95. The SMILES string of the molecule is O=S1(=O)C=Cc2cccc(Nc3cccc(F)c3)c21. The number of benzene rings is 2. The molecule has 0 unspecified atom stereocenters. The van der Waals surface area contributed by atoms with E-state index in [1.165, 1.54) is 17.5 Å². The Balaban J connectivity index is 2.07. The van der Waals surface area contributed by atoms with E-state index in [9.17, 15) is 12.8 Å². The zero-order valence-corrected chi connectivity index (χ0v) is 10.6. The number of rotatable bonds is 2. The third-order valence-corrected chi connectivity index (χ3v) is 4.38. The van der Waals surface area contributed by atoms with Crippen molar-refractivity contribution in [1.82, 2.24) is 0 Å². The molecule has 0 saturated heterocycles. The fourth-order valence-electron chi connectivity index (χ4n) is 2.05. The van der Waals surface area contributed by atoms with Crippen LogP contribution in [0.5, 0.6) is 0 Å². The van der Waals surface area contributed by atoms with E-state index < -0.39 is 9.84 Å². The molecule has 0 aromatic heterocycles. The summed E-state index contributed by atoms with van der Waals surface area (Å²) >= 11 is 0. The molecule has 2 aromatic carbocycles. The topological polar surface area (TPSA) is 46.2 Å². The van der Waals surface area contributed by atoms with Crippen molar-refractivity contribution in [3.05, 3.63) is 59.3 Å². The fraction of sp³-hybridized carbons (Fsp3) is 0. The Bertz CT molecular complexity index is 782. The van der Waals surface area contributed by atoms with Gasteiger partial charge < -0.3 is 5.32 Å². The molecule has 1 aliphatic rings. The van der Waals surface area contributed by atoms with E-state index in [2.05, 4.69) is 5.32 Å². The molecule has 0 atom stereocenters. The predicted molar refractivity (Wildman–Crippen MR) is 72.3 cm³/mol. The van der Waals surface area contributed by atoms with Crippen LogP contribution >= 0.6 is 0 Å². The first kappa shape index (κ1) is 11.9. The zero-order valence-electron chi connectivity index (χ0n) is 9.80. The van der Waals surface area contributed by atoms with Crippen LogP contribution in [-0.2, 0) is 9.84 Å². The molecule has 2 aromatic rings. The van der Waals surface area contributed by atoms with Crippen LogP contribution in [0.25, 0.3) is 6.08 Å². The molecule has 96 valence electrons. The van der Waals surface area contributed by atoms with Gasteiger partial charge in [0.15, 0.2) is 0 Å². The van der Waals surface area contributed by atoms with Crippen LogP contribution in [0, 0.1) is 5.82 Å². The van der Waals surface area contributed by atoms with Crippen molar-refractivity contribution in [2.24, 2.45) is 0 Å². The molecule has 0 radical (unpaired) electrons. The lowest BCUT2D eigenvalue weighted by molar-refractivity contribution is 0.606. The van der Waals surface area contributed by atoms with Gasteiger partial charge in [-0.3, -0.25) is 0 Å². The van der Waals surface area contributed by atoms with Crippen LogP contribution in [0.2, 0.25) is 0 Å². The molecule has 0 amide bonds. The van der Waals surface area contributed by atoms with E-state index in [0.717, 1.165) is 0 Å². The number of anilines is 2. The minimum atomic E-state index is -3.40. The van der Waals surface area contributed by atoms with Crippen LogP contribution in [-0.4, -0.2) is 8.42 Å². The lowest BCUT2D eigenvalue weighted by atomic mass is 10.2. The summed E-state index contributed by atoms with van der Waals surface area (Å²) in [6.45, 7) is 0. The van der Waals surface area contributed by atoms with Gasteiger partial charge in [0, 0.05) is 11.1 Å². The van der Waals surface area contributed by atoms with E-state index >= 15 is 0 Å². The maximum absolute atomic E-state index is 13.1. The van der Waals surface area contributed by atoms with Gasteiger partial charge in [0.1, 0.15) is 10.7 Å². The Morgan fingerprint density at radius 2 is 1.84 bits per heavy atom. The summed E-state index contributed by atoms with van der Waals surface area (Å²) in [7, 11) is -3.40. The van der Waals surface area contributed by atoms with E-state index in [1.807, 2.05) is 0 Å². The molecule has 5 heteroatoms. The monoisotopic (exact) mass is 275 g/mol. The first-order valence-electron chi connectivity index (χ1n) is 5.65. The van der Waals surface area contributed by atoms with Crippen molar-refractivity contribution < 1.29 is 12.8 Å². The molecule has 19 heavy (non-hydrogen) atoms. The molecule has 1 N–H and O–H groups in total. The lowest BCUT2D eigenvalue weighted by Gasteiger charge is -2.10. The third kappa shape index (κ3) is 2.13. The Labute approximate surface area is 110 Å². The van der Waals surface area contributed by atoms with Gasteiger partial charge in [0.25, 0.3) is 0 Å². The van der Waals surface area contributed by atoms with Gasteiger partial charge in [-0.1, -0.05) is 18.2 Å². The number of hydrogen-bond donors (Lipinski definition) is 1. The van der Waals surface area contributed by atoms with Crippen LogP contribution < -0.4 is 5.32 Å². The maximum atomic E-state index is 13.1. The highest BCUT2D eigenvalue weighted by atomic mass is 32.2. The standard InChI is InChI=1S/C14H10FNO2S/c15-11-4-2-5-12(9-11)16-13-6-1-3-10-7-8-19(17,18)14(10)13/h1-9,16H. The highest BCUT2D eigenvalue weighted by Gasteiger charge is 2.24. The summed E-state index contributed by atoms with van der Waals surface area (Å²) in [6.07, 6.45) is 1.56. The van der Waals surface area contributed by atoms with Gasteiger partial charge in [-0.25, -0.2) is 12.8 Å². The van der Waals surface area contributed by atoms with Gasteiger partial charge in [-0.15, -0.1) is 0 Å². The number of halogens is 1. The summed E-state index contributed by atoms with van der Waals surface area (Å²) < 4.78 is 37.0. The Hall–Kier alpha value is -2.14. The van der Waals surface area contributed by atoms with Crippen molar-refractivity contribution >= 4 is 27.3 Å². The number of hydrogen-bond acceptors (Lipinski definition) is 3. The molecule has 0 bridgehead atoms. The smallest absolute Gasteiger partial charge is 0.202 e. The molecule has 3 nitrogen and oxygen atoms in total. The second-order valence-corrected chi connectivity index (χ2v) is 5.98. The maximum Gasteiger partial charge on any atom is 0.202 e. The molecule has 0 fully saturated rings. The molecule has 1 heterocycles. The van der Waals surface area contributed by atoms with Crippen molar-refractivity contribution in [1.29, 1.82) is 0 Å². The molecular formula is C14H10FNO2S. The summed E-state index contributed by atoms with van der Waals surface area (Å²) in [4.78, 5) is 0.235. The van der Waals surface area contributed by atoms with Gasteiger partial charge in [-0.2, -0.15) is 0 Å². The van der Waals surface area contributed by atoms with Crippen molar-refractivity contribution in [3.63, 3.8) is 0 Å². The number of fused-ring (bicyclic) bond motifs is 1. The van der Waals surface area contributed by atoms with Crippen LogP contribution in [0.4, 0.5) is 15.8 Å². The molecule has 0 aliphatic carbocycles. The molecular weight excluding hydrogens is 265 g/mol. The first-order valence-corrected chi connectivity index (χ1v) is 7.20. The van der Waals surface area contributed by atoms with Gasteiger partial charge in [-0.05, 0) is 35.9 Å². The van der Waals surface area contributed by atoms with Crippen LogP contribution in [0.15, 0.2) is 52.8 Å². The van der Waals surface area contributed by atoms with E-state index in [-0.39, 0.29) is 10.7 Å². The van der Waals surface area contributed by atoms with E-state index in [4.69, 9.17) is 0 Å². The summed E-state index contributed by atoms with van der Waals surface area (Å²) in [5, 5.41) is 4.12. The Kier molecular flexibility index (Phi) is 2.64. The second-order valence-electron chi connectivity index (χ2n) is 4.21. The molecule has 0 spiro atoms. The Morgan fingerprint density at radius 1 is 1.05 bits per heavy atom. The molecule has 3 rings (SSSR count). The number of nitrogens with one attached hydrogen (secondary N) is 1. The minimum Gasteiger partial charge on any atom is -0.354 e. The third-order valence-electron chi connectivity index (χ3n) is 2.86. The average Bonchev–Trinajstić information content (AvgIpc) is 2.67. The van der Waals surface area contributed by atoms with Gasteiger partial charge in [0.05, 0.1) is 5.69 Å². The minimum absolute atomic E-state index is 0.235. The molecule has 1 aliphatic heterocycles. The average molecular weight is 275 g/mol. The predicted octanol–water partition coefficient (Wildman–Crippen LogP) is 3.33. The van der Waals surface area contributed by atoms with Gasteiger partial charge in [0.2, 0.25) is 9.84 Å². The Morgan fingerprint density at radius 3 is 2.63 bits per heavy atom. The summed E-state index contributed by atoms with van der Waals surface area (Å²) in [5.41, 5.74) is 1.60. The molecule has 0 saturated carbocycles. The van der Waals surface area contributed by atoms with Crippen LogP contribution in [0.1, 0.15) is 5.56 Å². The lowest BCUT2D eigenvalue weighted by Crippen LogP contribution is -2.00. The highest BCUT2D eigenvalue weighted by Crippen LogP contribution is 2.34. The fourth-order valence-corrected chi connectivity index (χ4v) is 3.41. The van der Waals surface area contributed by atoms with E-state index in [1.54, 1.807) is 36.4 Å². The van der Waals surface area contributed by atoms with Crippen molar-refractivity contribution in [2.45, 2.75) is 4.90 Å².